The first-order valence-electron chi connectivity index (χ1n) is 13.2. The zero-order valence-electron chi connectivity index (χ0n) is 22.9. The SMILES string of the molecule is C=C[Si]1(OCCCC)O[Si](C=C)(OCCCC)O[Si](C=C)(OCCCC)O[Si](C=C)(OCCCC)O1. The predicted octanol–water partition coefficient (Wildman–Crippen LogP) is 5.99. The molecule has 1 rings (SSSR count). The van der Waals surface area contributed by atoms with Gasteiger partial charge < -0.3 is 34.2 Å². The van der Waals surface area contributed by atoms with Crippen molar-refractivity contribution >= 4 is 35.2 Å². The maximum atomic E-state index is 6.67. The Morgan fingerprint density at radius 1 is 0.444 bits per heavy atom. The third-order valence-corrected chi connectivity index (χ3v) is 18.9. The van der Waals surface area contributed by atoms with Gasteiger partial charge >= 0.3 is 35.2 Å². The fraction of sp³-hybridized carbons (Fsp3) is 0.667. The lowest BCUT2D eigenvalue weighted by Crippen LogP contribution is -2.72. The van der Waals surface area contributed by atoms with Gasteiger partial charge in [-0.05, 0) is 48.5 Å². The van der Waals surface area contributed by atoms with Crippen LogP contribution in [-0.2, 0) is 34.2 Å². The molecule has 1 aliphatic heterocycles. The van der Waals surface area contributed by atoms with E-state index in [0.29, 0.717) is 26.4 Å². The first kappa shape index (κ1) is 33.5. The van der Waals surface area contributed by atoms with Crippen LogP contribution in [0.5, 0.6) is 0 Å². The van der Waals surface area contributed by atoms with Crippen LogP contribution < -0.4 is 0 Å². The highest BCUT2D eigenvalue weighted by molar-refractivity contribution is 6.93. The van der Waals surface area contributed by atoms with Crippen molar-refractivity contribution in [3.05, 3.63) is 49.1 Å². The molecule has 1 heterocycles. The molecule has 1 saturated heterocycles. The van der Waals surface area contributed by atoms with Crippen LogP contribution >= 0.6 is 0 Å². The van der Waals surface area contributed by atoms with E-state index in [4.69, 9.17) is 34.2 Å². The van der Waals surface area contributed by atoms with Gasteiger partial charge in [0.25, 0.3) is 0 Å². The molecule has 36 heavy (non-hydrogen) atoms. The van der Waals surface area contributed by atoms with Gasteiger partial charge in [-0.1, -0.05) is 79.7 Å². The van der Waals surface area contributed by atoms with E-state index < -0.39 is 35.2 Å². The van der Waals surface area contributed by atoms with Gasteiger partial charge in [0.1, 0.15) is 0 Å². The Morgan fingerprint density at radius 2 is 0.639 bits per heavy atom. The minimum atomic E-state index is -3.65. The molecule has 0 atom stereocenters. The second-order valence-corrected chi connectivity index (χ2v) is 19.3. The second-order valence-electron chi connectivity index (χ2n) is 8.45. The summed E-state index contributed by atoms with van der Waals surface area (Å²) in [4.78, 5) is 0. The molecule has 1 fully saturated rings. The third kappa shape index (κ3) is 10.00. The summed E-state index contributed by atoms with van der Waals surface area (Å²) in [6, 6.07) is 0. The van der Waals surface area contributed by atoms with Gasteiger partial charge in [0.15, 0.2) is 0 Å². The molecular formula is C24H48O8Si4. The topological polar surface area (TPSA) is 73.8 Å². The predicted molar refractivity (Wildman–Crippen MR) is 152 cm³/mol. The molecule has 0 aromatic heterocycles. The summed E-state index contributed by atoms with van der Waals surface area (Å²) < 4.78 is 51.9. The molecule has 0 bridgehead atoms. The summed E-state index contributed by atoms with van der Waals surface area (Å²) in [6.07, 6.45) is 7.06. The molecular weight excluding hydrogens is 529 g/mol. The summed E-state index contributed by atoms with van der Waals surface area (Å²) in [5, 5.41) is 0. The highest BCUT2D eigenvalue weighted by Gasteiger charge is 2.66. The van der Waals surface area contributed by atoms with E-state index in [9.17, 15) is 0 Å². The van der Waals surface area contributed by atoms with E-state index in [2.05, 4.69) is 54.0 Å². The molecule has 0 aromatic carbocycles. The van der Waals surface area contributed by atoms with E-state index in [1.165, 1.54) is 0 Å². The zero-order chi connectivity index (χ0) is 27.0. The molecule has 208 valence electrons. The molecule has 1 aliphatic rings. The summed E-state index contributed by atoms with van der Waals surface area (Å²) in [7, 11) is -14.6. The maximum absolute atomic E-state index is 6.67. The van der Waals surface area contributed by atoms with E-state index in [1.54, 1.807) is 22.8 Å². The summed E-state index contributed by atoms with van der Waals surface area (Å²) in [5.74, 6) is 0. The lowest BCUT2D eigenvalue weighted by molar-refractivity contribution is 0.0308. The van der Waals surface area contributed by atoms with Crippen molar-refractivity contribution in [3.63, 3.8) is 0 Å². The van der Waals surface area contributed by atoms with Gasteiger partial charge in [-0.25, -0.2) is 0 Å². The Labute approximate surface area is 223 Å². The van der Waals surface area contributed by atoms with Crippen LogP contribution in [0.1, 0.15) is 79.1 Å². The lowest BCUT2D eigenvalue weighted by atomic mass is 10.4. The smallest absolute Gasteiger partial charge is 0.371 e. The van der Waals surface area contributed by atoms with E-state index in [1.807, 2.05) is 0 Å². The lowest BCUT2D eigenvalue weighted by Gasteiger charge is -2.46. The van der Waals surface area contributed by atoms with Crippen LogP contribution in [0.15, 0.2) is 49.1 Å². The Kier molecular flexibility index (Phi) is 16.0. The summed E-state index contributed by atoms with van der Waals surface area (Å²) in [5.41, 5.74) is 6.33. The largest absolute Gasteiger partial charge is 0.514 e. The number of hydrogen-bond donors (Lipinski definition) is 0. The Bertz CT molecular complexity index is 559. The fourth-order valence-electron chi connectivity index (χ4n) is 3.12. The quantitative estimate of drug-likeness (QED) is 0.129. The fourth-order valence-corrected chi connectivity index (χ4v) is 18.4. The van der Waals surface area contributed by atoms with Crippen LogP contribution in [0.3, 0.4) is 0 Å². The van der Waals surface area contributed by atoms with E-state index >= 15 is 0 Å². The van der Waals surface area contributed by atoms with Crippen LogP contribution in [0, 0.1) is 0 Å². The molecule has 0 radical (unpaired) electrons. The Hall–Kier alpha value is -0.492. The van der Waals surface area contributed by atoms with Gasteiger partial charge in [-0.15, -0.1) is 0 Å². The highest BCUT2D eigenvalue weighted by Crippen LogP contribution is 2.35. The Balaban J connectivity index is 3.63. The standard InChI is InChI=1S/C24H48O8Si4/c1-9-17-21-25-33(13-5)29-34(14-6,26-22-18-10-2)31-36(16-8,28-24-20-12-4)32-35(15-7,30-33)27-23-19-11-3/h13-16H,5-12,17-24H2,1-4H3. The van der Waals surface area contributed by atoms with Crippen molar-refractivity contribution in [1.29, 1.82) is 0 Å². The van der Waals surface area contributed by atoms with E-state index in [0.717, 1.165) is 51.4 Å². The van der Waals surface area contributed by atoms with Crippen LogP contribution in [0.2, 0.25) is 0 Å². The average molecular weight is 577 g/mol. The minimum absolute atomic E-state index is 0.416. The third-order valence-electron chi connectivity index (χ3n) is 5.34. The first-order valence-corrected chi connectivity index (χ1v) is 20.4. The maximum Gasteiger partial charge on any atom is 0.514 e. The Morgan fingerprint density at radius 3 is 0.778 bits per heavy atom. The number of rotatable bonds is 20. The molecule has 0 spiro atoms. The highest BCUT2D eigenvalue weighted by atomic mass is 28.6. The van der Waals surface area contributed by atoms with Gasteiger partial charge in [0, 0.05) is 26.4 Å². The van der Waals surface area contributed by atoms with Gasteiger partial charge in [0.05, 0.1) is 0 Å². The van der Waals surface area contributed by atoms with Crippen molar-refractivity contribution in [2.75, 3.05) is 26.4 Å². The number of hydrogen-bond acceptors (Lipinski definition) is 8. The summed E-state index contributed by atoms with van der Waals surface area (Å²) >= 11 is 0. The number of unbranched alkanes of at least 4 members (excludes halogenated alkanes) is 4. The zero-order valence-corrected chi connectivity index (χ0v) is 26.9. The molecule has 0 unspecified atom stereocenters. The second kappa shape index (κ2) is 17.2. The van der Waals surface area contributed by atoms with Gasteiger partial charge in [-0.2, -0.15) is 0 Å². The van der Waals surface area contributed by atoms with Crippen molar-refractivity contribution < 1.29 is 34.2 Å². The van der Waals surface area contributed by atoms with Crippen LogP contribution in [0.4, 0.5) is 0 Å². The molecule has 12 heteroatoms. The van der Waals surface area contributed by atoms with Crippen molar-refractivity contribution in [2.24, 2.45) is 0 Å². The molecule has 8 nitrogen and oxygen atoms in total. The average Bonchev–Trinajstić information content (AvgIpc) is 2.88. The van der Waals surface area contributed by atoms with Crippen molar-refractivity contribution in [2.45, 2.75) is 79.1 Å². The molecule has 0 amide bonds. The first-order chi connectivity index (χ1) is 17.3. The van der Waals surface area contributed by atoms with Crippen LogP contribution in [-0.4, -0.2) is 61.6 Å². The normalized spacial score (nSPS) is 30.8. The molecule has 0 aromatic rings. The van der Waals surface area contributed by atoms with Crippen molar-refractivity contribution in [1.82, 2.24) is 0 Å². The molecule has 0 N–H and O–H groups in total. The summed E-state index contributed by atoms with van der Waals surface area (Å²) in [6.45, 7) is 26.1. The molecule has 0 aliphatic carbocycles. The molecule has 0 saturated carbocycles. The van der Waals surface area contributed by atoms with Crippen LogP contribution in [0.25, 0.3) is 0 Å². The van der Waals surface area contributed by atoms with Gasteiger partial charge in [0.2, 0.25) is 0 Å². The van der Waals surface area contributed by atoms with Gasteiger partial charge in [-0.3, -0.25) is 0 Å². The van der Waals surface area contributed by atoms with E-state index in [-0.39, 0.29) is 0 Å². The minimum Gasteiger partial charge on any atom is -0.371 e. The monoisotopic (exact) mass is 576 g/mol. The van der Waals surface area contributed by atoms with Crippen molar-refractivity contribution in [3.8, 4) is 0 Å².